The van der Waals surface area contributed by atoms with Gasteiger partial charge >= 0.3 is 0 Å². The third-order valence-corrected chi connectivity index (χ3v) is 3.66. The Morgan fingerprint density at radius 3 is 2.35 bits per heavy atom. The lowest BCUT2D eigenvalue weighted by atomic mass is 9.78. The van der Waals surface area contributed by atoms with Gasteiger partial charge in [-0.3, -0.25) is 0 Å². The molecule has 1 unspecified atom stereocenters. The first-order valence-corrected chi connectivity index (χ1v) is 6.68. The van der Waals surface area contributed by atoms with Crippen LogP contribution in [0, 0.1) is 13.8 Å². The first kappa shape index (κ1) is 14.2. The largest absolute Gasteiger partial charge is 0.315 e. The molecule has 1 aromatic rings. The molecule has 1 aromatic carbocycles. The fraction of sp³-hybridized carbons (Fsp3) is 0.625. The predicted molar refractivity (Wildman–Crippen MR) is 76.7 cm³/mol. The van der Waals surface area contributed by atoms with Crippen LogP contribution in [0.5, 0.6) is 0 Å². The molecular weight excluding hydrogens is 206 g/mol. The molecule has 1 heteroatoms. The van der Waals surface area contributed by atoms with Gasteiger partial charge < -0.3 is 5.32 Å². The van der Waals surface area contributed by atoms with Gasteiger partial charge in [-0.15, -0.1) is 0 Å². The summed E-state index contributed by atoms with van der Waals surface area (Å²) in [7, 11) is 0. The first-order valence-electron chi connectivity index (χ1n) is 6.68. The summed E-state index contributed by atoms with van der Waals surface area (Å²) >= 11 is 0. The van der Waals surface area contributed by atoms with Crippen molar-refractivity contribution in [2.45, 2.75) is 59.4 Å². The Bertz CT molecular complexity index is 366. The zero-order chi connectivity index (χ0) is 13.1. The molecular formula is C16H27N. The number of hydrogen-bond acceptors (Lipinski definition) is 1. The van der Waals surface area contributed by atoms with Gasteiger partial charge in [0.1, 0.15) is 0 Å². The van der Waals surface area contributed by atoms with E-state index in [0.29, 0.717) is 6.04 Å². The monoisotopic (exact) mass is 233 g/mol. The van der Waals surface area contributed by atoms with Crippen LogP contribution in [0.15, 0.2) is 18.2 Å². The normalized spacial score (nSPS) is 13.8. The van der Waals surface area contributed by atoms with Crippen molar-refractivity contribution in [2.75, 3.05) is 6.54 Å². The topological polar surface area (TPSA) is 12.0 Å². The lowest BCUT2D eigenvalue weighted by Gasteiger charge is -2.29. The van der Waals surface area contributed by atoms with Crippen LogP contribution >= 0.6 is 0 Å². The average molecular weight is 233 g/mol. The lowest BCUT2D eigenvalue weighted by Crippen LogP contribution is -2.33. The molecule has 96 valence electrons. The SMILES string of the molecule is CCNC(C)CC(C)(C)c1ccc(C)c(C)c1. The third-order valence-electron chi connectivity index (χ3n) is 3.66. The minimum Gasteiger partial charge on any atom is -0.315 e. The molecule has 1 rings (SSSR count). The number of hydrogen-bond donors (Lipinski definition) is 1. The Hall–Kier alpha value is -0.820. The number of nitrogens with one attached hydrogen (secondary N) is 1. The highest BCUT2D eigenvalue weighted by Crippen LogP contribution is 2.29. The van der Waals surface area contributed by atoms with Crippen LogP contribution in [0.1, 0.15) is 50.8 Å². The second-order valence-corrected chi connectivity index (χ2v) is 5.85. The molecule has 1 atom stereocenters. The molecule has 0 amide bonds. The van der Waals surface area contributed by atoms with Crippen molar-refractivity contribution in [3.8, 4) is 0 Å². The van der Waals surface area contributed by atoms with E-state index in [0.717, 1.165) is 6.54 Å². The molecule has 0 aliphatic carbocycles. The maximum Gasteiger partial charge on any atom is 0.00468 e. The molecule has 0 spiro atoms. The van der Waals surface area contributed by atoms with Gasteiger partial charge in [0.05, 0.1) is 0 Å². The number of rotatable bonds is 5. The molecule has 0 heterocycles. The zero-order valence-electron chi connectivity index (χ0n) is 12.2. The van der Waals surface area contributed by atoms with Gasteiger partial charge in [0.2, 0.25) is 0 Å². The van der Waals surface area contributed by atoms with E-state index in [1.165, 1.54) is 23.1 Å². The van der Waals surface area contributed by atoms with Crippen LogP contribution < -0.4 is 5.32 Å². The highest BCUT2D eigenvalue weighted by atomic mass is 14.9. The van der Waals surface area contributed by atoms with E-state index in [1.54, 1.807) is 0 Å². The van der Waals surface area contributed by atoms with E-state index in [4.69, 9.17) is 0 Å². The Kier molecular flexibility index (Phi) is 4.76. The van der Waals surface area contributed by atoms with E-state index in [-0.39, 0.29) is 5.41 Å². The van der Waals surface area contributed by atoms with Gasteiger partial charge in [0.25, 0.3) is 0 Å². The first-order chi connectivity index (χ1) is 7.86. The third kappa shape index (κ3) is 3.85. The maximum atomic E-state index is 3.50. The summed E-state index contributed by atoms with van der Waals surface area (Å²) in [6.45, 7) is 14.5. The molecule has 0 aliphatic rings. The van der Waals surface area contributed by atoms with E-state index in [9.17, 15) is 0 Å². The van der Waals surface area contributed by atoms with Crippen LogP contribution in [0.4, 0.5) is 0 Å². The second-order valence-electron chi connectivity index (χ2n) is 5.85. The molecule has 0 fully saturated rings. The lowest BCUT2D eigenvalue weighted by molar-refractivity contribution is 0.394. The highest BCUT2D eigenvalue weighted by Gasteiger charge is 2.23. The summed E-state index contributed by atoms with van der Waals surface area (Å²) in [5, 5.41) is 3.50. The van der Waals surface area contributed by atoms with Crippen molar-refractivity contribution in [1.82, 2.24) is 5.32 Å². The van der Waals surface area contributed by atoms with Crippen LogP contribution in [0.2, 0.25) is 0 Å². The van der Waals surface area contributed by atoms with Crippen molar-refractivity contribution in [1.29, 1.82) is 0 Å². The summed E-state index contributed by atoms with van der Waals surface area (Å²) in [6.07, 6.45) is 1.17. The Balaban J connectivity index is 2.84. The van der Waals surface area contributed by atoms with E-state index < -0.39 is 0 Å². The van der Waals surface area contributed by atoms with E-state index in [1.807, 2.05) is 0 Å². The molecule has 0 aromatic heterocycles. The number of benzene rings is 1. The molecule has 1 nitrogen and oxygen atoms in total. The molecule has 0 saturated carbocycles. The quantitative estimate of drug-likeness (QED) is 0.811. The average Bonchev–Trinajstić information content (AvgIpc) is 2.21. The Morgan fingerprint density at radius 1 is 1.18 bits per heavy atom. The minimum atomic E-state index is 0.236. The van der Waals surface area contributed by atoms with E-state index in [2.05, 4.69) is 65.1 Å². The van der Waals surface area contributed by atoms with E-state index >= 15 is 0 Å². The summed E-state index contributed by atoms with van der Waals surface area (Å²) in [5.74, 6) is 0. The van der Waals surface area contributed by atoms with Gasteiger partial charge in [-0.1, -0.05) is 39.0 Å². The fourth-order valence-electron chi connectivity index (χ4n) is 2.47. The number of aryl methyl sites for hydroxylation is 2. The van der Waals surface area contributed by atoms with Crippen LogP contribution in [-0.2, 0) is 5.41 Å². The molecule has 17 heavy (non-hydrogen) atoms. The van der Waals surface area contributed by atoms with Gasteiger partial charge in [-0.2, -0.15) is 0 Å². The molecule has 1 N–H and O–H groups in total. The van der Waals surface area contributed by atoms with Gasteiger partial charge in [-0.25, -0.2) is 0 Å². The predicted octanol–water partition coefficient (Wildman–Crippen LogP) is 3.97. The Labute approximate surface area is 107 Å². The molecule has 0 aliphatic heterocycles. The molecule has 0 saturated heterocycles. The standard InChI is InChI=1S/C16H27N/c1-7-17-14(4)11-16(5,6)15-9-8-12(2)13(3)10-15/h8-10,14,17H,7,11H2,1-6H3. The summed E-state index contributed by atoms with van der Waals surface area (Å²) < 4.78 is 0. The summed E-state index contributed by atoms with van der Waals surface area (Å²) in [4.78, 5) is 0. The maximum absolute atomic E-state index is 3.50. The zero-order valence-corrected chi connectivity index (χ0v) is 12.2. The van der Waals surface area contributed by atoms with Gasteiger partial charge in [0.15, 0.2) is 0 Å². The van der Waals surface area contributed by atoms with Crippen LogP contribution in [0.25, 0.3) is 0 Å². The molecule has 0 bridgehead atoms. The van der Waals surface area contributed by atoms with Crippen molar-refractivity contribution in [3.63, 3.8) is 0 Å². The summed E-state index contributed by atoms with van der Waals surface area (Å²) in [6, 6.07) is 7.43. The summed E-state index contributed by atoms with van der Waals surface area (Å²) in [5.41, 5.74) is 4.46. The second kappa shape index (κ2) is 5.68. The smallest absolute Gasteiger partial charge is 0.00468 e. The minimum absolute atomic E-state index is 0.236. The van der Waals surface area contributed by atoms with Gasteiger partial charge in [-0.05, 0) is 55.8 Å². The van der Waals surface area contributed by atoms with Crippen LogP contribution in [-0.4, -0.2) is 12.6 Å². The van der Waals surface area contributed by atoms with Crippen molar-refractivity contribution >= 4 is 0 Å². The Morgan fingerprint density at radius 2 is 1.82 bits per heavy atom. The van der Waals surface area contributed by atoms with Crippen LogP contribution in [0.3, 0.4) is 0 Å². The highest BCUT2D eigenvalue weighted by molar-refractivity contribution is 5.34. The molecule has 0 radical (unpaired) electrons. The van der Waals surface area contributed by atoms with Crippen molar-refractivity contribution < 1.29 is 0 Å². The fourth-order valence-corrected chi connectivity index (χ4v) is 2.47. The van der Waals surface area contributed by atoms with Gasteiger partial charge in [0, 0.05) is 6.04 Å². The van der Waals surface area contributed by atoms with Crippen molar-refractivity contribution in [3.05, 3.63) is 34.9 Å². The van der Waals surface area contributed by atoms with Crippen molar-refractivity contribution in [2.24, 2.45) is 0 Å².